The van der Waals surface area contributed by atoms with Crippen LogP contribution in [0.15, 0.2) is 18.2 Å². The van der Waals surface area contributed by atoms with E-state index in [0.29, 0.717) is 19.3 Å². The Morgan fingerprint density at radius 3 is 2.32 bits per heavy atom. The summed E-state index contributed by atoms with van der Waals surface area (Å²) in [6.45, 7) is 7.44. The van der Waals surface area contributed by atoms with Gasteiger partial charge in [0.15, 0.2) is 11.5 Å². The Labute approximate surface area is 117 Å². The van der Waals surface area contributed by atoms with Crippen molar-refractivity contribution in [1.29, 1.82) is 0 Å². The second kappa shape index (κ2) is 8.81. The largest absolute Gasteiger partial charge is 0.490 e. The standard InChI is InChI=1S/C16H27NO2/c1-4-7-14(17)10-8-13-9-11-15(18-5-2)16(12-13)19-6-3/h9,11-12,14H,4-8,10,17H2,1-3H3. The quantitative estimate of drug-likeness (QED) is 0.742. The second-order valence-electron chi connectivity index (χ2n) is 4.73. The van der Waals surface area contributed by atoms with Crippen molar-refractivity contribution in [3.05, 3.63) is 23.8 Å². The van der Waals surface area contributed by atoms with Crippen molar-refractivity contribution in [2.24, 2.45) is 5.73 Å². The number of benzene rings is 1. The summed E-state index contributed by atoms with van der Waals surface area (Å²) >= 11 is 0. The minimum Gasteiger partial charge on any atom is -0.490 e. The molecule has 0 fully saturated rings. The van der Waals surface area contributed by atoms with Gasteiger partial charge >= 0.3 is 0 Å². The van der Waals surface area contributed by atoms with E-state index in [4.69, 9.17) is 15.2 Å². The van der Waals surface area contributed by atoms with E-state index in [1.54, 1.807) is 0 Å². The van der Waals surface area contributed by atoms with Gasteiger partial charge in [-0.1, -0.05) is 19.4 Å². The van der Waals surface area contributed by atoms with Crippen molar-refractivity contribution in [3.63, 3.8) is 0 Å². The topological polar surface area (TPSA) is 44.5 Å². The molecule has 1 unspecified atom stereocenters. The molecule has 0 spiro atoms. The van der Waals surface area contributed by atoms with Crippen LogP contribution in [0, 0.1) is 0 Å². The van der Waals surface area contributed by atoms with Crippen LogP contribution in [0.4, 0.5) is 0 Å². The minimum atomic E-state index is 0.298. The third kappa shape index (κ3) is 5.52. The summed E-state index contributed by atoms with van der Waals surface area (Å²) < 4.78 is 11.2. The molecular formula is C16H27NO2. The lowest BCUT2D eigenvalue weighted by Gasteiger charge is -2.14. The smallest absolute Gasteiger partial charge is 0.161 e. The van der Waals surface area contributed by atoms with Crippen LogP contribution in [0.5, 0.6) is 11.5 Å². The molecular weight excluding hydrogens is 238 g/mol. The number of rotatable bonds is 9. The van der Waals surface area contributed by atoms with Crippen LogP contribution < -0.4 is 15.2 Å². The van der Waals surface area contributed by atoms with Crippen LogP contribution in [0.2, 0.25) is 0 Å². The van der Waals surface area contributed by atoms with Crippen LogP contribution in [-0.4, -0.2) is 19.3 Å². The Hall–Kier alpha value is -1.22. The van der Waals surface area contributed by atoms with Gasteiger partial charge in [-0.3, -0.25) is 0 Å². The summed E-state index contributed by atoms with van der Waals surface area (Å²) in [6.07, 6.45) is 4.25. The molecule has 1 atom stereocenters. The average Bonchev–Trinajstić information content (AvgIpc) is 2.40. The second-order valence-corrected chi connectivity index (χ2v) is 4.73. The van der Waals surface area contributed by atoms with Gasteiger partial charge in [-0.25, -0.2) is 0 Å². The first-order valence-corrected chi connectivity index (χ1v) is 7.35. The van der Waals surface area contributed by atoms with Crippen molar-refractivity contribution >= 4 is 0 Å². The highest BCUT2D eigenvalue weighted by Gasteiger charge is 2.07. The van der Waals surface area contributed by atoms with E-state index in [9.17, 15) is 0 Å². The molecule has 0 radical (unpaired) electrons. The summed E-state index contributed by atoms with van der Waals surface area (Å²) in [6, 6.07) is 6.47. The lowest BCUT2D eigenvalue weighted by molar-refractivity contribution is 0.287. The highest BCUT2D eigenvalue weighted by atomic mass is 16.5. The Bertz CT molecular complexity index is 366. The average molecular weight is 265 g/mol. The first kappa shape index (κ1) is 15.8. The molecule has 0 aliphatic carbocycles. The molecule has 3 nitrogen and oxygen atoms in total. The van der Waals surface area contributed by atoms with E-state index in [1.165, 1.54) is 5.56 Å². The molecule has 1 aromatic rings. The molecule has 1 rings (SSSR count). The van der Waals surface area contributed by atoms with Gasteiger partial charge in [-0.2, -0.15) is 0 Å². The summed E-state index contributed by atoms with van der Waals surface area (Å²) in [5.74, 6) is 1.66. The highest BCUT2D eigenvalue weighted by Crippen LogP contribution is 2.29. The van der Waals surface area contributed by atoms with E-state index in [2.05, 4.69) is 19.1 Å². The number of ether oxygens (including phenoxy) is 2. The van der Waals surface area contributed by atoms with E-state index in [1.807, 2.05) is 19.9 Å². The molecule has 0 bridgehead atoms. The molecule has 0 aromatic heterocycles. The molecule has 2 N–H and O–H groups in total. The molecule has 0 aliphatic rings. The molecule has 19 heavy (non-hydrogen) atoms. The monoisotopic (exact) mass is 265 g/mol. The Morgan fingerprint density at radius 1 is 1.00 bits per heavy atom. The molecule has 0 saturated heterocycles. The molecule has 0 heterocycles. The summed E-state index contributed by atoms with van der Waals surface area (Å²) in [5, 5.41) is 0. The van der Waals surface area contributed by atoms with Gasteiger partial charge in [0.2, 0.25) is 0 Å². The maximum atomic E-state index is 6.05. The Morgan fingerprint density at radius 2 is 1.68 bits per heavy atom. The van der Waals surface area contributed by atoms with Crippen molar-refractivity contribution < 1.29 is 9.47 Å². The van der Waals surface area contributed by atoms with Crippen molar-refractivity contribution in [2.45, 2.75) is 52.5 Å². The minimum absolute atomic E-state index is 0.298. The van der Waals surface area contributed by atoms with Gasteiger partial charge in [0, 0.05) is 6.04 Å². The van der Waals surface area contributed by atoms with Gasteiger partial charge in [-0.05, 0) is 50.8 Å². The zero-order valence-corrected chi connectivity index (χ0v) is 12.4. The number of aryl methyl sites for hydroxylation is 1. The summed E-state index contributed by atoms with van der Waals surface area (Å²) in [5.41, 5.74) is 7.31. The van der Waals surface area contributed by atoms with Gasteiger partial charge in [-0.15, -0.1) is 0 Å². The lowest BCUT2D eigenvalue weighted by Crippen LogP contribution is -2.20. The van der Waals surface area contributed by atoms with Gasteiger partial charge in [0.05, 0.1) is 13.2 Å². The number of hydrogen-bond donors (Lipinski definition) is 1. The van der Waals surface area contributed by atoms with Crippen molar-refractivity contribution in [3.8, 4) is 11.5 Å². The van der Waals surface area contributed by atoms with Gasteiger partial charge < -0.3 is 15.2 Å². The fourth-order valence-corrected chi connectivity index (χ4v) is 2.12. The predicted octanol–water partition coefficient (Wildman–Crippen LogP) is 3.54. The Balaban J connectivity index is 2.66. The molecule has 0 amide bonds. The lowest BCUT2D eigenvalue weighted by atomic mass is 10.0. The zero-order valence-electron chi connectivity index (χ0n) is 12.4. The van der Waals surface area contributed by atoms with Crippen LogP contribution in [0.3, 0.4) is 0 Å². The van der Waals surface area contributed by atoms with E-state index >= 15 is 0 Å². The molecule has 108 valence electrons. The normalized spacial score (nSPS) is 12.2. The van der Waals surface area contributed by atoms with E-state index in [0.717, 1.165) is 37.2 Å². The molecule has 1 aromatic carbocycles. The first-order chi connectivity index (χ1) is 9.21. The third-order valence-electron chi connectivity index (χ3n) is 3.07. The highest BCUT2D eigenvalue weighted by molar-refractivity contribution is 5.43. The zero-order chi connectivity index (χ0) is 14.1. The third-order valence-corrected chi connectivity index (χ3v) is 3.07. The van der Waals surface area contributed by atoms with Gasteiger partial charge in [0.25, 0.3) is 0 Å². The number of nitrogens with two attached hydrogens (primary N) is 1. The SMILES string of the molecule is CCCC(N)CCc1ccc(OCC)c(OCC)c1. The summed E-state index contributed by atoms with van der Waals surface area (Å²) in [7, 11) is 0. The van der Waals surface area contributed by atoms with Crippen LogP contribution in [-0.2, 0) is 6.42 Å². The first-order valence-electron chi connectivity index (χ1n) is 7.35. The maximum absolute atomic E-state index is 6.05. The maximum Gasteiger partial charge on any atom is 0.161 e. The molecule has 0 aliphatic heterocycles. The fraction of sp³-hybridized carbons (Fsp3) is 0.625. The molecule has 0 saturated carbocycles. The van der Waals surface area contributed by atoms with Gasteiger partial charge in [0.1, 0.15) is 0 Å². The summed E-state index contributed by atoms with van der Waals surface area (Å²) in [4.78, 5) is 0. The van der Waals surface area contributed by atoms with E-state index in [-0.39, 0.29) is 0 Å². The van der Waals surface area contributed by atoms with Crippen LogP contribution in [0.1, 0.15) is 45.6 Å². The predicted molar refractivity (Wildman–Crippen MR) is 80.0 cm³/mol. The Kier molecular flexibility index (Phi) is 7.34. The molecule has 3 heteroatoms. The van der Waals surface area contributed by atoms with Crippen molar-refractivity contribution in [1.82, 2.24) is 0 Å². The van der Waals surface area contributed by atoms with E-state index < -0.39 is 0 Å². The number of hydrogen-bond acceptors (Lipinski definition) is 3. The fourth-order valence-electron chi connectivity index (χ4n) is 2.12. The van der Waals surface area contributed by atoms with Crippen LogP contribution in [0.25, 0.3) is 0 Å². The van der Waals surface area contributed by atoms with Crippen molar-refractivity contribution in [2.75, 3.05) is 13.2 Å². The van der Waals surface area contributed by atoms with Crippen LogP contribution >= 0.6 is 0 Å².